The van der Waals surface area contributed by atoms with Crippen molar-refractivity contribution in [2.24, 2.45) is 5.92 Å². The normalized spacial score (nSPS) is 28.5. The maximum atomic E-state index is 10.2. The topological polar surface area (TPSA) is 41.5 Å². The van der Waals surface area contributed by atoms with E-state index in [2.05, 4.69) is 21.2 Å². The third-order valence-electron chi connectivity index (χ3n) is 4.03. The van der Waals surface area contributed by atoms with E-state index in [9.17, 15) is 5.11 Å². The van der Waals surface area contributed by atoms with E-state index in [1.54, 1.807) is 0 Å². The van der Waals surface area contributed by atoms with Crippen molar-refractivity contribution in [3.63, 3.8) is 0 Å². The van der Waals surface area contributed by atoms with Crippen molar-refractivity contribution in [1.82, 2.24) is 5.32 Å². The van der Waals surface area contributed by atoms with E-state index in [0.29, 0.717) is 18.7 Å². The third-order valence-corrected chi connectivity index (χ3v) is 4.52. The molecule has 1 heterocycles. The quantitative estimate of drug-likeness (QED) is 0.874. The Hall–Kier alpha value is -0.420. The number of benzene rings is 1. The highest BCUT2D eigenvalue weighted by Crippen LogP contribution is 2.38. The molecule has 1 aliphatic carbocycles. The van der Waals surface area contributed by atoms with Gasteiger partial charge in [-0.3, -0.25) is 0 Å². The molecule has 4 heteroatoms. The van der Waals surface area contributed by atoms with Crippen molar-refractivity contribution in [2.45, 2.75) is 37.5 Å². The van der Waals surface area contributed by atoms with Gasteiger partial charge in [-0.15, -0.1) is 0 Å². The van der Waals surface area contributed by atoms with Gasteiger partial charge in [-0.2, -0.15) is 0 Å². The maximum absolute atomic E-state index is 10.2. The van der Waals surface area contributed by atoms with Gasteiger partial charge in [0.1, 0.15) is 0 Å². The van der Waals surface area contributed by atoms with E-state index >= 15 is 0 Å². The number of aliphatic hydroxyl groups is 1. The molecular formula is C15H20BrNO2. The summed E-state index contributed by atoms with van der Waals surface area (Å²) in [6, 6.07) is 8.26. The van der Waals surface area contributed by atoms with Crippen molar-refractivity contribution in [3.05, 3.63) is 34.3 Å². The Morgan fingerprint density at radius 1 is 1.37 bits per heavy atom. The molecule has 2 aliphatic rings. The molecule has 1 aromatic rings. The Kier molecular flexibility index (Phi) is 4.22. The fourth-order valence-electron chi connectivity index (χ4n) is 2.81. The van der Waals surface area contributed by atoms with E-state index in [4.69, 9.17) is 4.74 Å². The van der Waals surface area contributed by atoms with Crippen molar-refractivity contribution >= 4 is 15.9 Å². The molecule has 0 amide bonds. The lowest BCUT2D eigenvalue weighted by molar-refractivity contribution is 0.0770. The highest BCUT2D eigenvalue weighted by Gasteiger charge is 2.40. The first-order valence-electron chi connectivity index (χ1n) is 7.02. The Labute approximate surface area is 122 Å². The van der Waals surface area contributed by atoms with E-state index in [1.807, 2.05) is 24.3 Å². The van der Waals surface area contributed by atoms with Crippen LogP contribution in [-0.2, 0) is 4.74 Å². The predicted octanol–water partition coefficient (Wildman–Crippen LogP) is 2.64. The molecule has 2 fully saturated rings. The van der Waals surface area contributed by atoms with Crippen molar-refractivity contribution < 1.29 is 9.84 Å². The molecule has 3 rings (SSSR count). The summed E-state index contributed by atoms with van der Waals surface area (Å²) in [5.41, 5.74) is 0.948. The lowest BCUT2D eigenvalue weighted by atomic mass is 10.0. The number of hydrogen-bond donors (Lipinski definition) is 2. The summed E-state index contributed by atoms with van der Waals surface area (Å²) in [6.45, 7) is 1.44. The first-order chi connectivity index (χ1) is 9.24. The lowest BCUT2D eigenvalue weighted by Crippen LogP contribution is -2.39. The first kappa shape index (κ1) is 13.6. The lowest BCUT2D eigenvalue weighted by Gasteiger charge is -2.21. The number of hydrogen-bond acceptors (Lipinski definition) is 3. The summed E-state index contributed by atoms with van der Waals surface area (Å²) >= 11 is 3.43. The Morgan fingerprint density at radius 2 is 2.21 bits per heavy atom. The minimum absolute atomic E-state index is 0.370. The molecule has 3 unspecified atom stereocenters. The number of ether oxygens (including phenoxy) is 1. The fraction of sp³-hybridized carbons (Fsp3) is 0.600. The molecule has 19 heavy (non-hydrogen) atoms. The number of rotatable bonds is 5. The second-order valence-electron chi connectivity index (χ2n) is 5.55. The molecule has 0 bridgehead atoms. The highest BCUT2D eigenvalue weighted by molar-refractivity contribution is 9.10. The van der Waals surface area contributed by atoms with Crippen LogP contribution in [-0.4, -0.2) is 30.4 Å². The molecule has 0 spiro atoms. The zero-order valence-electron chi connectivity index (χ0n) is 10.9. The van der Waals surface area contributed by atoms with Gasteiger partial charge < -0.3 is 15.2 Å². The third kappa shape index (κ3) is 3.37. The zero-order valence-corrected chi connectivity index (χ0v) is 12.5. The van der Waals surface area contributed by atoms with Gasteiger partial charge in [0.2, 0.25) is 0 Å². The van der Waals surface area contributed by atoms with Gasteiger partial charge in [0.05, 0.1) is 12.2 Å². The van der Waals surface area contributed by atoms with Gasteiger partial charge in [-0.25, -0.2) is 0 Å². The molecule has 104 valence electrons. The molecule has 1 saturated carbocycles. The standard InChI is InChI=1S/C15H20BrNO2/c16-12-3-1-2-11(8-12)14(18)9-17-13-6-7-19-15(13)10-4-5-10/h1-3,8,10,13-15,17-18H,4-7,9H2. The average molecular weight is 326 g/mol. The summed E-state index contributed by atoms with van der Waals surface area (Å²) in [6.07, 6.45) is 3.58. The van der Waals surface area contributed by atoms with E-state index in [0.717, 1.165) is 29.0 Å². The minimum Gasteiger partial charge on any atom is -0.387 e. The zero-order chi connectivity index (χ0) is 13.2. The van der Waals surface area contributed by atoms with Crippen LogP contribution in [0.15, 0.2) is 28.7 Å². The molecule has 3 nitrogen and oxygen atoms in total. The van der Waals surface area contributed by atoms with Crippen LogP contribution in [0, 0.1) is 5.92 Å². The second-order valence-corrected chi connectivity index (χ2v) is 6.46. The van der Waals surface area contributed by atoms with Gasteiger partial charge in [0.15, 0.2) is 0 Å². The molecule has 3 atom stereocenters. The average Bonchev–Trinajstić information content (AvgIpc) is 3.15. The molecular weight excluding hydrogens is 306 g/mol. The molecule has 0 radical (unpaired) electrons. The SMILES string of the molecule is OC(CNC1CCOC1C1CC1)c1cccc(Br)c1. The Balaban J connectivity index is 1.53. The van der Waals surface area contributed by atoms with Crippen molar-refractivity contribution in [2.75, 3.05) is 13.2 Å². The van der Waals surface area contributed by atoms with E-state index in [1.165, 1.54) is 12.8 Å². The van der Waals surface area contributed by atoms with E-state index < -0.39 is 6.10 Å². The largest absolute Gasteiger partial charge is 0.387 e. The van der Waals surface area contributed by atoms with Crippen molar-refractivity contribution in [3.8, 4) is 0 Å². The van der Waals surface area contributed by atoms with Crippen LogP contribution in [0.5, 0.6) is 0 Å². The molecule has 1 aromatic carbocycles. The van der Waals surface area contributed by atoms with E-state index in [-0.39, 0.29) is 0 Å². The van der Waals surface area contributed by atoms with Crippen LogP contribution in [0.25, 0.3) is 0 Å². The van der Waals surface area contributed by atoms with Crippen molar-refractivity contribution in [1.29, 1.82) is 0 Å². The predicted molar refractivity (Wildman–Crippen MR) is 78.0 cm³/mol. The monoisotopic (exact) mass is 325 g/mol. The van der Waals surface area contributed by atoms with Gasteiger partial charge in [-0.1, -0.05) is 28.1 Å². The number of nitrogens with one attached hydrogen (secondary N) is 1. The number of halogens is 1. The van der Waals surface area contributed by atoms with Gasteiger partial charge in [0.25, 0.3) is 0 Å². The Bertz CT molecular complexity index is 436. The van der Waals surface area contributed by atoms with Crippen LogP contribution in [0.4, 0.5) is 0 Å². The number of aliphatic hydroxyl groups excluding tert-OH is 1. The summed E-state index contributed by atoms with van der Waals surface area (Å²) in [5.74, 6) is 0.753. The Morgan fingerprint density at radius 3 is 2.95 bits per heavy atom. The highest BCUT2D eigenvalue weighted by atomic mass is 79.9. The molecule has 1 aliphatic heterocycles. The van der Waals surface area contributed by atoms with Crippen LogP contribution in [0.1, 0.15) is 30.9 Å². The summed E-state index contributed by atoms with van der Waals surface area (Å²) < 4.78 is 6.80. The first-order valence-corrected chi connectivity index (χ1v) is 7.82. The van der Waals surface area contributed by atoms with Gasteiger partial charge >= 0.3 is 0 Å². The smallest absolute Gasteiger partial charge is 0.0914 e. The summed E-state index contributed by atoms with van der Waals surface area (Å²) in [5, 5.41) is 13.7. The summed E-state index contributed by atoms with van der Waals surface area (Å²) in [7, 11) is 0. The van der Waals surface area contributed by atoms with Crippen LogP contribution in [0.3, 0.4) is 0 Å². The molecule has 2 N–H and O–H groups in total. The molecule has 1 saturated heterocycles. The van der Waals surface area contributed by atoms with Crippen LogP contribution in [0.2, 0.25) is 0 Å². The second kappa shape index (κ2) is 5.92. The van der Waals surface area contributed by atoms with Gasteiger partial charge in [-0.05, 0) is 42.9 Å². The van der Waals surface area contributed by atoms with Crippen LogP contribution < -0.4 is 5.32 Å². The maximum Gasteiger partial charge on any atom is 0.0914 e. The molecule has 0 aromatic heterocycles. The van der Waals surface area contributed by atoms with Crippen LogP contribution >= 0.6 is 15.9 Å². The van der Waals surface area contributed by atoms with Gasteiger partial charge in [0, 0.05) is 23.7 Å². The summed E-state index contributed by atoms with van der Waals surface area (Å²) in [4.78, 5) is 0. The minimum atomic E-state index is -0.460. The fourth-order valence-corrected chi connectivity index (χ4v) is 3.23.